The SMILES string of the molecule is CC(O)CNCC1(C)CCOCC1. The van der Waals surface area contributed by atoms with Crippen LogP contribution in [-0.2, 0) is 4.74 Å². The normalized spacial score (nSPS) is 24.2. The summed E-state index contributed by atoms with van der Waals surface area (Å²) in [7, 11) is 0. The van der Waals surface area contributed by atoms with Crippen LogP contribution < -0.4 is 5.32 Å². The third-order valence-electron chi connectivity index (χ3n) is 2.69. The van der Waals surface area contributed by atoms with Gasteiger partial charge < -0.3 is 15.2 Å². The maximum atomic E-state index is 9.08. The highest BCUT2D eigenvalue weighted by Gasteiger charge is 2.26. The van der Waals surface area contributed by atoms with Crippen molar-refractivity contribution in [2.24, 2.45) is 5.41 Å². The molecule has 1 saturated heterocycles. The lowest BCUT2D eigenvalue weighted by molar-refractivity contribution is 0.0230. The second-order valence-corrected chi connectivity index (χ2v) is 4.40. The Morgan fingerprint density at radius 1 is 1.46 bits per heavy atom. The highest BCUT2D eigenvalue weighted by Crippen LogP contribution is 2.28. The van der Waals surface area contributed by atoms with Crippen molar-refractivity contribution in [1.29, 1.82) is 0 Å². The summed E-state index contributed by atoms with van der Waals surface area (Å²) in [6, 6.07) is 0. The number of hydrogen-bond donors (Lipinski definition) is 2. The molecule has 0 bridgehead atoms. The van der Waals surface area contributed by atoms with Crippen molar-refractivity contribution in [3.8, 4) is 0 Å². The van der Waals surface area contributed by atoms with E-state index in [-0.39, 0.29) is 6.10 Å². The molecule has 0 aromatic heterocycles. The molecule has 0 radical (unpaired) electrons. The summed E-state index contributed by atoms with van der Waals surface area (Å²) in [6.07, 6.45) is 2.00. The van der Waals surface area contributed by atoms with Crippen molar-refractivity contribution >= 4 is 0 Å². The Morgan fingerprint density at radius 2 is 2.08 bits per heavy atom. The van der Waals surface area contributed by atoms with E-state index in [1.54, 1.807) is 6.92 Å². The number of rotatable bonds is 4. The Balaban J connectivity index is 2.17. The number of aliphatic hydroxyl groups is 1. The van der Waals surface area contributed by atoms with Gasteiger partial charge in [-0.15, -0.1) is 0 Å². The molecule has 0 aromatic carbocycles. The molecule has 3 nitrogen and oxygen atoms in total. The molecule has 1 unspecified atom stereocenters. The maximum Gasteiger partial charge on any atom is 0.0636 e. The standard InChI is InChI=1S/C10H21NO2/c1-9(12)7-11-8-10(2)3-5-13-6-4-10/h9,11-12H,3-8H2,1-2H3. The second-order valence-electron chi connectivity index (χ2n) is 4.40. The van der Waals surface area contributed by atoms with E-state index < -0.39 is 0 Å². The number of aliphatic hydroxyl groups excluding tert-OH is 1. The minimum absolute atomic E-state index is 0.247. The van der Waals surface area contributed by atoms with Crippen LogP contribution in [0, 0.1) is 5.41 Å². The summed E-state index contributed by atoms with van der Waals surface area (Å²) in [5.74, 6) is 0. The Morgan fingerprint density at radius 3 is 2.62 bits per heavy atom. The number of ether oxygens (including phenoxy) is 1. The van der Waals surface area contributed by atoms with Crippen LogP contribution in [0.5, 0.6) is 0 Å². The van der Waals surface area contributed by atoms with Gasteiger partial charge in [-0.1, -0.05) is 6.92 Å². The zero-order valence-corrected chi connectivity index (χ0v) is 8.68. The summed E-state index contributed by atoms with van der Waals surface area (Å²) in [4.78, 5) is 0. The summed E-state index contributed by atoms with van der Waals surface area (Å²) in [5, 5.41) is 12.4. The van der Waals surface area contributed by atoms with Gasteiger partial charge in [0.1, 0.15) is 0 Å². The van der Waals surface area contributed by atoms with E-state index in [2.05, 4.69) is 12.2 Å². The molecule has 0 aliphatic carbocycles. The lowest BCUT2D eigenvalue weighted by Crippen LogP contribution is -2.39. The highest BCUT2D eigenvalue weighted by molar-refractivity contribution is 4.79. The van der Waals surface area contributed by atoms with Crippen molar-refractivity contribution < 1.29 is 9.84 Å². The van der Waals surface area contributed by atoms with Gasteiger partial charge in [-0.2, -0.15) is 0 Å². The molecule has 0 amide bonds. The summed E-state index contributed by atoms with van der Waals surface area (Å²) >= 11 is 0. The monoisotopic (exact) mass is 187 g/mol. The first kappa shape index (κ1) is 11.0. The molecule has 1 fully saturated rings. The van der Waals surface area contributed by atoms with Gasteiger partial charge >= 0.3 is 0 Å². The minimum Gasteiger partial charge on any atom is -0.392 e. The fourth-order valence-electron chi connectivity index (χ4n) is 1.62. The Kier molecular flexibility index (Phi) is 4.16. The van der Waals surface area contributed by atoms with Crippen molar-refractivity contribution in [3.05, 3.63) is 0 Å². The van der Waals surface area contributed by atoms with Crippen LogP contribution in [0.2, 0.25) is 0 Å². The van der Waals surface area contributed by atoms with Crippen LogP contribution in [0.3, 0.4) is 0 Å². The lowest BCUT2D eigenvalue weighted by atomic mass is 9.82. The zero-order chi connectivity index (χ0) is 9.73. The van der Waals surface area contributed by atoms with E-state index in [9.17, 15) is 0 Å². The van der Waals surface area contributed by atoms with Crippen molar-refractivity contribution in [1.82, 2.24) is 5.32 Å². The van der Waals surface area contributed by atoms with Crippen LogP contribution in [0.25, 0.3) is 0 Å². The van der Waals surface area contributed by atoms with Crippen LogP contribution in [0.1, 0.15) is 26.7 Å². The predicted molar refractivity (Wildman–Crippen MR) is 52.7 cm³/mol. The van der Waals surface area contributed by atoms with Gasteiger partial charge in [0.2, 0.25) is 0 Å². The average molecular weight is 187 g/mol. The number of hydrogen-bond acceptors (Lipinski definition) is 3. The van der Waals surface area contributed by atoms with Crippen molar-refractivity contribution in [2.45, 2.75) is 32.8 Å². The second kappa shape index (κ2) is 4.94. The Hall–Kier alpha value is -0.120. The van der Waals surface area contributed by atoms with Gasteiger partial charge in [0.05, 0.1) is 6.10 Å². The molecular weight excluding hydrogens is 166 g/mol. The molecule has 0 spiro atoms. The first-order chi connectivity index (χ1) is 6.12. The van der Waals surface area contributed by atoms with E-state index in [1.807, 2.05) is 0 Å². The fourth-order valence-corrected chi connectivity index (χ4v) is 1.62. The Labute approximate surface area is 80.5 Å². The van der Waals surface area contributed by atoms with E-state index >= 15 is 0 Å². The summed E-state index contributed by atoms with van der Waals surface area (Å²) in [6.45, 7) is 7.53. The summed E-state index contributed by atoms with van der Waals surface area (Å²) in [5.41, 5.74) is 0.368. The lowest BCUT2D eigenvalue weighted by Gasteiger charge is -2.33. The molecule has 13 heavy (non-hydrogen) atoms. The van der Waals surface area contributed by atoms with Gasteiger partial charge in [0.25, 0.3) is 0 Å². The van der Waals surface area contributed by atoms with Gasteiger partial charge in [0, 0.05) is 26.3 Å². The van der Waals surface area contributed by atoms with Crippen molar-refractivity contribution in [2.75, 3.05) is 26.3 Å². The third-order valence-corrected chi connectivity index (χ3v) is 2.69. The quantitative estimate of drug-likeness (QED) is 0.683. The van der Waals surface area contributed by atoms with E-state index in [0.717, 1.165) is 32.6 Å². The van der Waals surface area contributed by atoms with E-state index in [1.165, 1.54) is 0 Å². The highest BCUT2D eigenvalue weighted by atomic mass is 16.5. The molecule has 0 saturated carbocycles. The van der Waals surface area contributed by atoms with Crippen molar-refractivity contribution in [3.63, 3.8) is 0 Å². The summed E-state index contributed by atoms with van der Waals surface area (Å²) < 4.78 is 5.32. The molecule has 3 heteroatoms. The topological polar surface area (TPSA) is 41.5 Å². The predicted octanol–water partition coefficient (Wildman–Crippen LogP) is 0.773. The zero-order valence-electron chi connectivity index (χ0n) is 8.68. The molecular formula is C10H21NO2. The van der Waals surface area contributed by atoms with E-state index in [4.69, 9.17) is 9.84 Å². The molecule has 1 aliphatic heterocycles. The minimum atomic E-state index is -0.247. The molecule has 1 atom stereocenters. The van der Waals surface area contributed by atoms with Crippen LogP contribution in [-0.4, -0.2) is 37.5 Å². The molecule has 1 aliphatic rings. The fraction of sp³-hybridized carbons (Fsp3) is 1.00. The largest absolute Gasteiger partial charge is 0.392 e. The molecule has 2 N–H and O–H groups in total. The molecule has 1 heterocycles. The third kappa shape index (κ3) is 4.07. The van der Waals surface area contributed by atoms with Gasteiger partial charge in [-0.25, -0.2) is 0 Å². The van der Waals surface area contributed by atoms with E-state index in [0.29, 0.717) is 12.0 Å². The van der Waals surface area contributed by atoms with Gasteiger partial charge in [0.15, 0.2) is 0 Å². The Bertz CT molecular complexity index is 142. The van der Waals surface area contributed by atoms with Crippen LogP contribution >= 0.6 is 0 Å². The number of nitrogens with one attached hydrogen (secondary N) is 1. The first-order valence-corrected chi connectivity index (χ1v) is 5.09. The maximum absolute atomic E-state index is 9.08. The first-order valence-electron chi connectivity index (χ1n) is 5.09. The van der Waals surface area contributed by atoms with Gasteiger partial charge in [-0.3, -0.25) is 0 Å². The molecule has 1 rings (SSSR count). The van der Waals surface area contributed by atoms with Crippen LogP contribution in [0.15, 0.2) is 0 Å². The molecule has 78 valence electrons. The van der Waals surface area contributed by atoms with Crippen LogP contribution in [0.4, 0.5) is 0 Å². The van der Waals surface area contributed by atoms with Gasteiger partial charge in [-0.05, 0) is 25.2 Å². The molecule has 0 aromatic rings. The average Bonchev–Trinajstić information content (AvgIpc) is 2.04. The smallest absolute Gasteiger partial charge is 0.0636 e.